The molecule has 0 fully saturated rings. The molecule has 0 aliphatic carbocycles. The summed E-state index contributed by atoms with van der Waals surface area (Å²) in [7, 11) is 1.78. The van der Waals surface area contributed by atoms with Gasteiger partial charge in [0.05, 0.1) is 12.1 Å². The number of nitrogens with two attached hydrogens (primary N) is 1. The molecular formula is C11H18N2O. The first kappa shape index (κ1) is 11.2. The third-order valence-electron chi connectivity index (χ3n) is 2.45. The van der Waals surface area contributed by atoms with Crippen molar-refractivity contribution in [2.24, 2.45) is 5.84 Å². The first-order valence-electron chi connectivity index (χ1n) is 4.87. The topological polar surface area (TPSA) is 49.5 Å². The standard InChI is InChI=1S/C11H18N2O/c1-3-10(13(2)12)11(14)9-7-5-4-6-8-9/h4-8,10-11,14H,3,12H2,1-2H3/t10-,11?/m1/s1. The van der Waals surface area contributed by atoms with E-state index in [2.05, 4.69) is 0 Å². The van der Waals surface area contributed by atoms with E-state index in [0.717, 1.165) is 12.0 Å². The third kappa shape index (κ3) is 2.54. The van der Waals surface area contributed by atoms with Gasteiger partial charge in [0.1, 0.15) is 0 Å². The first-order chi connectivity index (χ1) is 6.66. The van der Waals surface area contributed by atoms with Gasteiger partial charge in [-0.15, -0.1) is 0 Å². The summed E-state index contributed by atoms with van der Waals surface area (Å²) in [5, 5.41) is 11.6. The largest absolute Gasteiger partial charge is 0.387 e. The highest BCUT2D eigenvalue weighted by atomic mass is 16.3. The number of aliphatic hydroxyl groups excluding tert-OH is 1. The maximum absolute atomic E-state index is 10.0. The monoisotopic (exact) mass is 194 g/mol. The Morgan fingerprint density at radius 1 is 1.36 bits per heavy atom. The summed E-state index contributed by atoms with van der Waals surface area (Å²) in [6.45, 7) is 2.01. The van der Waals surface area contributed by atoms with Gasteiger partial charge in [-0.05, 0) is 12.0 Å². The molecular weight excluding hydrogens is 176 g/mol. The molecule has 1 aromatic carbocycles. The summed E-state index contributed by atoms with van der Waals surface area (Å²) >= 11 is 0. The number of benzene rings is 1. The van der Waals surface area contributed by atoms with Crippen LogP contribution in [0.15, 0.2) is 30.3 Å². The normalized spacial score (nSPS) is 15.5. The fourth-order valence-electron chi connectivity index (χ4n) is 1.61. The molecule has 0 aliphatic heterocycles. The molecule has 2 atom stereocenters. The number of likely N-dealkylation sites (N-methyl/N-ethyl adjacent to an activating group) is 1. The minimum atomic E-state index is -0.517. The highest BCUT2D eigenvalue weighted by molar-refractivity contribution is 5.18. The maximum Gasteiger partial charge on any atom is 0.0958 e. The van der Waals surface area contributed by atoms with Crippen LogP contribution in [0.3, 0.4) is 0 Å². The minimum absolute atomic E-state index is 0.0302. The molecule has 0 aromatic heterocycles. The van der Waals surface area contributed by atoms with E-state index in [1.807, 2.05) is 37.3 Å². The van der Waals surface area contributed by atoms with Gasteiger partial charge in [0, 0.05) is 7.05 Å². The van der Waals surface area contributed by atoms with Gasteiger partial charge >= 0.3 is 0 Å². The molecule has 0 spiro atoms. The van der Waals surface area contributed by atoms with Gasteiger partial charge in [-0.1, -0.05) is 37.3 Å². The Hall–Kier alpha value is -0.900. The van der Waals surface area contributed by atoms with Crippen molar-refractivity contribution in [1.29, 1.82) is 0 Å². The van der Waals surface area contributed by atoms with Crippen LogP contribution in [0.4, 0.5) is 0 Å². The average Bonchev–Trinajstić information content (AvgIpc) is 2.19. The van der Waals surface area contributed by atoms with E-state index in [0.29, 0.717) is 0 Å². The molecule has 78 valence electrons. The summed E-state index contributed by atoms with van der Waals surface area (Å²) in [5.41, 5.74) is 0.914. The molecule has 1 rings (SSSR count). The van der Waals surface area contributed by atoms with Crippen molar-refractivity contribution in [2.75, 3.05) is 7.05 Å². The summed E-state index contributed by atoms with van der Waals surface area (Å²) in [4.78, 5) is 0. The van der Waals surface area contributed by atoms with Gasteiger partial charge in [-0.2, -0.15) is 0 Å². The molecule has 1 unspecified atom stereocenters. The van der Waals surface area contributed by atoms with Crippen molar-refractivity contribution in [3.8, 4) is 0 Å². The molecule has 0 aliphatic rings. The van der Waals surface area contributed by atoms with Crippen LogP contribution in [0, 0.1) is 0 Å². The van der Waals surface area contributed by atoms with Crippen molar-refractivity contribution in [3.63, 3.8) is 0 Å². The van der Waals surface area contributed by atoms with Crippen LogP contribution in [0.5, 0.6) is 0 Å². The van der Waals surface area contributed by atoms with Gasteiger partial charge < -0.3 is 5.11 Å². The number of hydrogen-bond donors (Lipinski definition) is 2. The molecule has 0 amide bonds. The van der Waals surface area contributed by atoms with E-state index in [4.69, 9.17) is 5.84 Å². The lowest BCUT2D eigenvalue weighted by Gasteiger charge is -2.27. The Morgan fingerprint density at radius 3 is 2.36 bits per heavy atom. The number of hydrazine groups is 1. The second-order valence-corrected chi connectivity index (χ2v) is 3.50. The number of aliphatic hydroxyl groups is 1. The van der Waals surface area contributed by atoms with Crippen LogP contribution >= 0.6 is 0 Å². The highest BCUT2D eigenvalue weighted by Gasteiger charge is 2.20. The zero-order chi connectivity index (χ0) is 10.6. The number of rotatable bonds is 4. The van der Waals surface area contributed by atoms with Gasteiger partial charge in [0.15, 0.2) is 0 Å². The molecule has 0 saturated heterocycles. The average molecular weight is 194 g/mol. The van der Waals surface area contributed by atoms with Crippen molar-refractivity contribution < 1.29 is 5.11 Å². The van der Waals surface area contributed by atoms with Crippen LogP contribution in [0.2, 0.25) is 0 Å². The Bertz CT molecular complexity index is 261. The SMILES string of the molecule is CC[C@H](C(O)c1ccccc1)N(C)N. The van der Waals surface area contributed by atoms with E-state index >= 15 is 0 Å². The molecule has 3 nitrogen and oxygen atoms in total. The summed E-state index contributed by atoms with van der Waals surface area (Å²) in [5.74, 6) is 5.66. The molecule has 1 aromatic rings. The van der Waals surface area contributed by atoms with E-state index < -0.39 is 6.10 Å². The van der Waals surface area contributed by atoms with Crippen LogP contribution in [-0.4, -0.2) is 23.2 Å². The Morgan fingerprint density at radius 2 is 1.93 bits per heavy atom. The molecule has 14 heavy (non-hydrogen) atoms. The van der Waals surface area contributed by atoms with Crippen molar-refractivity contribution in [1.82, 2.24) is 5.01 Å². The fourth-order valence-corrected chi connectivity index (χ4v) is 1.61. The number of hydrogen-bond acceptors (Lipinski definition) is 3. The van der Waals surface area contributed by atoms with Crippen LogP contribution in [0.25, 0.3) is 0 Å². The van der Waals surface area contributed by atoms with Gasteiger partial charge in [0.2, 0.25) is 0 Å². The second-order valence-electron chi connectivity index (χ2n) is 3.50. The van der Waals surface area contributed by atoms with Crippen molar-refractivity contribution >= 4 is 0 Å². The summed E-state index contributed by atoms with van der Waals surface area (Å²) < 4.78 is 0. The van der Waals surface area contributed by atoms with E-state index in [9.17, 15) is 5.11 Å². The Labute approximate surface area is 85.1 Å². The molecule has 0 radical (unpaired) electrons. The molecule has 0 saturated carbocycles. The van der Waals surface area contributed by atoms with Gasteiger partial charge in [-0.3, -0.25) is 5.84 Å². The third-order valence-corrected chi connectivity index (χ3v) is 2.45. The second kappa shape index (κ2) is 5.10. The zero-order valence-corrected chi connectivity index (χ0v) is 8.72. The predicted octanol–water partition coefficient (Wildman–Crippen LogP) is 1.30. The fraction of sp³-hybridized carbons (Fsp3) is 0.455. The quantitative estimate of drug-likeness (QED) is 0.561. The van der Waals surface area contributed by atoms with Crippen LogP contribution < -0.4 is 5.84 Å². The lowest BCUT2D eigenvalue weighted by Crippen LogP contribution is -2.41. The maximum atomic E-state index is 10.0. The lowest BCUT2D eigenvalue weighted by molar-refractivity contribution is 0.0603. The van der Waals surface area contributed by atoms with Gasteiger partial charge in [0.25, 0.3) is 0 Å². The molecule has 0 heterocycles. The van der Waals surface area contributed by atoms with Crippen LogP contribution in [0.1, 0.15) is 25.0 Å². The molecule has 3 heteroatoms. The smallest absolute Gasteiger partial charge is 0.0958 e. The lowest BCUT2D eigenvalue weighted by atomic mass is 10.0. The predicted molar refractivity (Wildman–Crippen MR) is 57.4 cm³/mol. The minimum Gasteiger partial charge on any atom is -0.387 e. The Kier molecular flexibility index (Phi) is 4.07. The first-order valence-corrected chi connectivity index (χ1v) is 4.87. The van der Waals surface area contributed by atoms with Crippen molar-refractivity contribution in [2.45, 2.75) is 25.5 Å². The summed E-state index contributed by atoms with van der Waals surface area (Å²) in [6, 6.07) is 9.57. The van der Waals surface area contributed by atoms with E-state index in [1.54, 1.807) is 12.1 Å². The van der Waals surface area contributed by atoms with E-state index in [1.165, 1.54) is 0 Å². The number of nitrogens with zero attached hydrogens (tertiary/aromatic N) is 1. The molecule has 3 N–H and O–H groups in total. The van der Waals surface area contributed by atoms with Crippen molar-refractivity contribution in [3.05, 3.63) is 35.9 Å². The van der Waals surface area contributed by atoms with E-state index in [-0.39, 0.29) is 6.04 Å². The molecule has 0 bridgehead atoms. The summed E-state index contributed by atoms with van der Waals surface area (Å²) in [6.07, 6.45) is 0.305. The Balaban J connectivity index is 2.78. The van der Waals surface area contributed by atoms with Gasteiger partial charge in [-0.25, -0.2) is 5.01 Å². The zero-order valence-electron chi connectivity index (χ0n) is 8.72. The highest BCUT2D eigenvalue weighted by Crippen LogP contribution is 2.20. The van der Waals surface area contributed by atoms with Crippen LogP contribution in [-0.2, 0) is 0 Å².